The van der Waals surface area contributed by atoms with Crippen LogP contribution in [0.4, 0.5) is 0 Å². The van der Waals surface area contributed by atoms with E-state index in [1.54, 1.807) is 0 Å². The summed E-state index contributed by atoms with van der Waals surface area (Å²) in [5.41, 5.74) is 5.40. The quantitative estimate of drug-likeness (QED) is 0.727. The third-order valence-corrected chi connectivity index (χ3v) is 4.91. The maximum atomic E-state index is 2.55. The summed E-state index contributed by atoms with van der Waals surface area (Å²) in [6.07, 6.45) is 6.96. The highest BCUT2D eigenvalue weighted by Gasteiger charge is 2.17. The van der Waals surface area contributed by atoms with E-state index in [1.165, 1.54) is 54.4 Å². The van der Waals surface area contributed by atoms with Gasteiger partial charge in [-0.1, -0.05) is 67.3 Å². The van der Waals surface area contributed by atoms with Gasteiger partial charge in [-0.2, -0.15) is 0 Å². The summed E-state index contributed by atoms with van der Waals surface area (Å²) in [6, 6.07) is 18.6. The molecule has 116 valence electrons. The van der Waals surface area contributed by atoms with Crippen molar-refractivity contribution < 1.29 is 0 Å². The van der Waals surface area contributed by atoms with E-state index in [2.05, 4.69) is 67.4 Å². The van der Waals surface area contributed by atoms with E-state index in [4.69, 9.17) is 0 Å². The average Bonchev–Trinajstić information content (AvgIpc) is 2.56. The Morgan fingerprint density at radius 2 is 1.59 bits per heavy atom. The maximum Gasteiger partial charge on any atom is 0.0233 e. The van der Waals surface area contributed by atoms with Crippen LogP contribution < -0.4 is 0 Å². The van der Waals surface area contributed by atoms with Gasteiger partial charge in [-0.05, 0) is 49.6 Å². The summed E-state index contributed by atoms with van der Waals surface area (Å²) in [6.45, 7) is 3.22. The van der Waals surface area contributed by atoms with Crippen molar-refractivity contribution in [2.45, 2.75) is 51.6 Å². The van der Waals surface area contributed by atoms with Crippen LogP contribution in [0.2, 0.25) is 0 Å². The zero-order valence-corrected chi connectivity index (χ0v) is 13.9. The molecule has 0 atom stereocenters. The van der Waals surface area contributed by atoms with Crippen molar-refractivity contribution in [3.8, 4) is 11.1 Å². The molecule has 1 saturated carbocycles. The molecule has 1 aliphatic carbocycles. The Morgan fingerprint density at radius 1 is 0.909 bits per heavy atom. The fraction of sp³-hybridized carbons (Fsp3) is 0.429. The monoisotopic (exact) mass is 293 g/mol. The molecular formula is C21H27N. The molecule has 2 aromatic rings. The van der Waals surface area contributed by atoms with Crippen LogP contribution in [0, 0.1) is 6.92 Å². The van der Waals surface area contributed by atoms with Crippen molar-refractivity contribution in [2.24, 2.45) is 0 Å². The van der Waals surface area contributed by atoms with Crippen LogP contribution in [0.3, 0.4) is 0 Å². The molecule has 0 radical (unpaired) electrons. The van der Waals surface area contributed by atoms with Crippen LogP contribution in [0.15, 0.2) is 48.5 Å². The minimum absolute atomic E-state index is 0.774. The van der Waals surface area contributed by atoms with Gasteiger partial charge in [0.1, 0.15) is 0 Å². The van der Waals surface area contributed by atoms with E-state index in [-0.39, 0.29) is 0 Å². The lowest BCUT2D eigenvalue weighted by Crippen LogP contribution is -2.32. The molecule has 1 heteroatoms. The number of hydrogen-bond acceptors (Lipinski definition) is 1. The SMILES string of the molecule is Cc1cccc(-c2cccc(CN(C)C3CCCCC3)c2)c1. The molecule has 0 saturated heterocycles. The van der Waals surface area contributed by atoms with E-state index in [1.807, 2.05) is 0 Å². The summed E-state index contributed by atoms with van der Waals surface area (Å²) in [5, 5.41) is 0. The van der Waals surface area contributed by atoms with Gasteiger partial charge in [0.25, 0.3) is 0 Å². The van der Waals surface area contributed by atoms with Crippen molar-refractivity contribution in [3.63, 3.8) is 0 Å². The second-order valence-corrected chi connectivity index (χ2v) is 6.78. The van der Waals surface area contributed by atoms with Gasteiger partial charge in [-0.25, -0.2) is 0 Å². The first kappa shape index (κ1) is 15.3. The largest absolute Gasteiger partial charge is 0.299 e. The Labute approximate surface area is 135 Å². The fourth-order valence-electron chi connectivity index (χ4n) is 3.61. The Kier molecular flexibility index (Phi) is 4.94. The molecule has 0 aromatic heterocycles. The molecule has 2 aromatic carbocycles. The van der Waals surface area contributed by atoms with Crippen LogP contribution in [-0.4, -0.2) is 18.0 Å². The van der Waals surface area contributed by atoms with Crippen LogP contribution >= 0.6 is 0 Å². The number of hydrogen-bond donors (Lipinski definition) is 0. The number of rotatable bonds is 4. The maximum absolute atomic E-state index is 2.55. The summed E-state index contributed by atoms with van der Waals surface area (Å²) in [4.78, 5) is 2.55. The second kappa shape index (κ2) is 7.11. The first-order valence-corrected chi connectivity index (χ1v) is 8.58. The Hall–Kier alpha value is -1.60. The predicted molar refractivity (Wildman–Crippen MR) is 95.0 cm³/mol. The topological polar surface area (TPSA) is 3.24 Å². The van der Waals surface area contributed by atoms with Gasteiger partial charge >= 0.3 is 0 Å². The molecular weight excluding hydrogens is 266 g/mol. The highest BCUT2D eigenvalue weighted by atomic mass is 15.1. The van der Waals surface area contributed by atoms with E-state index >= 15 is 0 Å². The number of nitrogens with zero attached hydrogens (tertiary/aromatic N) is 1. The van der Waals surface area contributed by atoms with Gasteiger partial charge < -0.3 is 0 Å². The third kappa shape index (κ3) is 3.78. The minimum atomic E-state index is 0.774. The molecule has 1 fully saturated rings. The molecule has 0 heterocycles. The molecule has 0 aliphatic heterocycles. The van der Waals surface area contributed by atoms with Gasteiger partial charge in [-0.3, -0.25) is 4.90 Å². The van der Waals surface area contributed by atoms with Gasteiger partial charge in [0.05, 0.1) is 0 Å². The van der Waals surface area contributed by atoms with Gasteiger partial charge in [-0.15, -0.1) is 0 Å². The van der Waals surface area contributed by atoms with Gasteiger partial charge in [0.15, 0.2) is 0 Å². The van der Waals surface area contributed by atoms with Crippen molar-refractivity contribution in [1.29, 1.82) is 0 Å². The number of benzene rings is 2. The Bertz CT molecular complexity index is 611. The number of aryl methyl sites for hydroxylation is 1. The molecule has 0 bridgehead atoms. The summed E-state index contributed by atoms with van der Waals surface area (Å²) >= 11 is 0. The molecule has 1 nitrogen and oxygen atoms in total. The summed E-state index contributed by atoms with van der Waals surface area (Å²) in [5.74, 6) is 0. The molecule has 0 unspecified atom stereocenters. The molecule has 1 aliphatic rings. The van der Waals surface area contributed by atoms with Crippen molar-refractivity contribution >= 4 is 0 Å². The van der Waals surface area contributed by atoms with E-state index < -0.39 is 0 Å². The molecule has 0 amide bonds. The lowest BCUT2D eigenvalue weighted by Gasteiger charge is -2.31. The smallest absolute Gasteiger partial charge is 0.0233 e. The second-order valence-electron chi connectivity index (χ2n) is 6.78. The van der Waals surface area contributed by atoms with Gasteiger partial charge in [0.2, 0.25) is 0 Å². The minimum Gasteiger partial charge on any atom is -0.299 e. The first-order chi connectivity index (χ1) is 10.7. The lowest BCUT2D eigenvalue weighted by atomic mass is 9.94. The van der Waals surface area contributed by atoms with Crippen LogP contribution in [0.5, 0.6) is 0 Å². The standard InChI is InChI=1S/C21H27N/c1-17-8-6-10-19(14-17)20-11-7-9-18(15-20)16-22(2)21-12-4-3-5-13-21/h6-11,14-15,21H,3-5,12-13,16H2,1-2H3. The van der Waals surface area contributed by atoms with Crippen LogP contribution in [0.1, 0.15) is 43.2 Å². The highest BCUT2D eigenvalue weighted by Crippen LogP contribution is 2.25. The van der Waals surface area contributed by atoms with Crippen molar-refractivity contribution in [3.05, 3.63) is 59.7 Å². The fourth-order valence-corrected chi connectivity index (χ4v) is 3.61. The molecule has 0 spiro atoms. The Balaban J connectivity index is 1.73. The normalized spacial score (nSPS) is 16.1. The molecule has 22 heavy (non-hydrogen) atoms. The van der Waals surface area contributed by atoms with E-state index in [0.29, 0.717) is 0 Å². The van der Waals surface area contributed by atoms with E-state index in [9.17, 15) is 0 Å². The van der Waals surface area contributed by atoms with Crippen molar-refractivity contribution in [2.75, 3.05) is 7.05 Å². The average molecular weight is 293 g/mol. The predicted octanol–water partition coefficient (Wildman–Crippen LogP) is 5.43. The third-order valence-electron chi connectivity index (χ3n) is 4.91. The van der Waals surface area contributed by atoms with Crippen LogP contribution in [-0.2, 0) is 6.54 Å². The zero-order valence-electron chi connectivity index (χ0n) is 13.9. The summed E-state index contributed by atoms with van der Waals surface area (Å²) in [7, 11) is 2.29. The lowest BCUT2D eigenvalue weighted by molar-refractivity contribution is 0.184. The first-order valence-electron chi connectivity index (χ1n) is 8.58. The van der Waals surface area contributed by atoms with Gasteiger partial charge in [0, 0.05) is 12.6 Å². The Morgan fingerprint density at radius 3 is 2.32 bits per heavy atom. The molecule has 0 N–H and O–H groups in total. The zero-order chi connectivity index (χ0) is 15.4. The highest BCUT2D eigenvalue weighted by molar-refractivity contribution is 5.64. The van der Waals surface area contributed by atoms with Crippen LogP contribution in [0.25, 0.3) is 11.1 Å². The van der Waals surface area contributed by atoms with Crippen molar-refractivity contribution in [1.82, 2.24) is 4.90 Å². The summed E-state index contributed by atoms with van der Waals surface area (Å²) < 4.78 is 0. The van der Waals surface area contributed by atoms with E-state index in [0.717, 1.165) is 12.6 Å². The molecule has 3 rings (SSSR count).